The predicted octanol–water partition coefficient (Wildman–Crippen LogP) is 8.89. The van der Waals surface area contributed by atoms with Gasteiger partial charge in [-0.3, -0.25) is 0 Å². The number of hydrogen-bond donors (Lipinski definition) is 0. The molecular formula is C36H44O3. The molecule has 3 heteroatoms. The molecular weight excluding hydrogens is 480 g/mol. The minimum Gasteiger partial charge on any atom is -0.489 e. The molecule has 0 aliphatic rings. The Labute approximate surface area is 235 Å². The van der Waals surface area contributed by atoms with E-state index in [1.807, 2.05) is 0 Å². The van der Waals surface area contributed by atoms with Gasteiger partial charge in [0.15, 0.2) is 0 Å². The fourth-order valence-electron chi connectivity index (χ4n) is 5.70. The van der Waals surface area contributed by atoms with E-state index >= 15 is 0 Å². The van der Waals surface area contributed by atoms with Gasteiger partial charge in [-0.15, -0.1) is 0 Å². The van der Waals surface area contributed by atoms with Gasteiger partial charge >= 0.3 is 0 Å². The number of ether oxygens (including phenoxy) is 3. The summed E-state index contributed by atoms with van der Waals surface area (Å²) < 4.78 is 18.6. The molecule has 0 spiro atoms. The topological polar surface area (TPSA) is 27.7 Å². The molecule has 0 fully saturated rings. The van der Waals surface area contributed by atoms with Crippen LogP contribution in [0.3, 0.4) is 0 Å². The van der Waals surface area contributed by atoms with Gasteiger partial charge in [0, 0.05) is 11.0 Å². The van der Waals surface area contributed by atoms with Crippen LogP contribution < -0.4 is 14.2 Å². The Hall–Kier alpha value is -3.72. The quantitative estimate of drug-likeness (QED) is 0.175. The maximum Gasteiger partial charge on any atom is 0.127 e. The lowest BCUT2D eigenvalue weighted by Crippen LogP contribution is -2.30. The Balaban J connectivity index is 2.47. The number of benzene rings is 3. The summed E-state index contributed by atoms with van der Waals surface area (Å²) in [6.45, 7) is 30.3. The van der Waals surface area contributed by atoms with Crippen LogP contribution in [-0.4, -0.2) is 19.8 Å². The van der Waals surface area contributed by atoms with Crippen molar-refractivity contribution >= 4 is 0 Å². The lowest BCUT2D eigenvalue weighted by Gasteiger charge is -2.38. The van der Waals surface area contributed by atoms with E-state index in [9.17, 15) is 0 Å². The minimum absolute atomic E-state index is 0.435. The third kappa shape index (κ3) is 5.54. The lowest BCUT2D eigenvalue weighted by molar-refractivity contribution is 0.350. The number of hydrogen-bond acceptors (Lipinski definition) is 3. The van der Waals surface area contributed by atoms with Crippen molar-refractivity contribution in [3.8, 4) is 17.2 Å². The first kappa shape index (κ1) is 29.8. The summed E-state index contributed by atoms with van der Waals surface area (Å²) in [4.78, 5) is 0. The monoisotopic (exact) mass is 524 g/mol. The highest BCUT2D eigenvalue weighted by Crippen LogP contribution is 2.49. The normalized spacial score (nSPS) is 11.2. The Kier molecular flexibility index (Phi) is 9.50. The zero-order valence-corrected chi connectivity index (χ0v) is 25.1. The van der Waals surface area contributed by atoms with Gasteiger partial charge in [-0.05, 0) is 105 Å². The molecule has 0 N–H and O–H groups in total. The van der Waals surface area contributed by atoms with Gasteiger partial charge in [-0.25, -0.2) is 0 Å². The van der Waals surface area contributed by atoms with Gasteiger partial charge in [0.25, 0.3) is 0 Å². The Bertz CT molecular complexity index is 1320. The third-order valence-electron chi connectivity index (χ3n) is 7.92. The molecule has 0 bridgehead atoms. The summed E-state index contributed by atoms with van der Waals surface area (Å²) in [5.41, 5.74) is 11.0. The summed E-state index contributed by atoms with van der Waals surface area (Å²) in [7, 11) is 0. The number of rotatable bonds is 12. The van der Waals surface area contributed by atoms with Gasteiger partial charge in [0.1, 0.15) is 37.1 Å². The van der Waals surface area contributed by atoms with Crippen molar-refractivity contribution in [3.05, 3.63) is 124 Å². The molecule has 3 rings (SSSR count). The van der Waals surface area contributed by atoms with Crippen molar-refractivity contribution in [3.63, 3.8) is 0 Å². The van der Waals surface area contributed by atoms with Crippen molar-refractivity contribution in [2.75, 3.05) is 19.8 Å². The van der Waals surface area contributed by atoms with Crippen molar-refractivity contribution in [2.24, 2.45) is 0 Å². The fraction of sp³-hybridized carbons (Fsp3) is 0.333. The number of aryl methyl sites for hydroxylation is 3. The molecule has 39 heavy (non-hydrogen) atoms. The van der Waals surface area contributed by atoms with Gasteiger partial charge in [0.05, 0.1) is 0 Å². The highest BCUT2D eigenvalue weighted by Gasteiger charge is 2.39. The summed E-state index contributed by atoms with van der Waals surface area (Å²) in [6, 6.07) is 11.0. The summed E-state index contributed by atoms with van der Waals surface area (Å²) in [6.07, 6.45) is 5.37. The van der Waals surface area contributed by atoms with Crippen LogP contribution in [0.2, 0.25) is 0 Å². The van der Waals surface area contributed by atoms with E-state index in [2.05, 4.69) is 105 Å². The van der Waals surface area contributed by atoms with Crippen LogP contribution in [0.25, 0.3) is 0 Å². The molecule has 0 aliphatic carbocycles. The Morgan fingerprint density at radius 2 is 0.974 bits per heavy atom. The third-order valence-corrected chi connectivity index (χ3v) is 7.92. The molecule has 0 saturated carbocycles. The lowest BCUT2D eigenvalue weighted by atomic mass is 9.66. The van der Waals surface area contributed by atoms with Gasteiger partial charge in [0.2, 0.25) is 0 Å². The highest BCUT2D eigenvalue weighted by molar-refractivity contribution is 5.65. The maximum absolute atomic E-state index is 6.37. The summed E-state index contributed by atoms with van der Waals surface area (Å²) in [5.74, 6) is 2.73. The van der Waals surface area contributed by atoms with Crippen molar-refractivity contribution in [2.45, 2.75) is 60.8 Å². The predicted molar refractivity (Wildman–Crippen MR) is 165 cm³/mol. The second kappa shape index (κ2) is 12.4. The SMILES string of the molecule is C=CCOc1c(C)cccc1C(C)(c1cc(C)c(OCC=C)c(C)c1C)c1cc(C)c(OCC=C)c(C)c1C. The molecule has 0 amide bonds. The molecule has 206 valence electrons. The van der Waals surface area contributed by atoms with E-state index in [0.29, 0.717) is 19.8 Å². The molecule has 3 aromatic carbocycles. The average molecular weight is 525 g/mol. The van der Waals surface area contributed by atoms with E-state index in [1.54, 1.807) is 18.2 Å². The van der Waals surface area contributed by atoms with Crippen LogP contribution in [0.4, 0.5) is 0 Å². The minimum atomic E-state index is -0.532. The van der Waals surface area contributed by atoms with Crippen LogP contribution in [0.15, 0.2) is 68.3 Å². The molecule has 0 atom stereocenters. The fourth-order valence-corrected chi connectivity index (χ4v) is 5.70. The first-order chi connectivity index (χ1) is 18.5. The molecule has 0 aliphatic heterocycles. The number of para-hydroxylation sites is 1. The zero-order chi connectivity index (χ0) is 28.9. The van der Waals surface area contributed by atoms with Crippen LogP contribution in [0.5, 0.6) is 17.2 Å². The molecule has 0 radical (unpaired) electrons. The molecule has 3 nitrogen and oxygen atoms in total. The van der Waals surface area contributed by atoms with Gasteiger partial charge in [-0.1, -0.05) is 68.3 Å². The molecule has 0 heterocycles. The van der Waals surface area contributed by atoms with Crippen LogP contribution in [0, 0.1) is 48.5 Å². The summed E-state index contributed by atoms with van der Waals surface area (Å²) in [5, 5.41) is 0. The maximum atomic E-state index is 6.37. The van der Waals surface area contributed by atoms with Crippen molar-refractivity contribution < 1.29 is 14.2 Å². The second-order valence-electron chi connectivity index (χ2n) is 10.5. The van der Waals surface area contributed by atoms with Gasteiger partial charge in [-0.2, -0.15) is 0 Å². The smallest absolute Gasteiger partial charge is 0.127 e. The Morgan fingerprint density at radius 1 is 0.564 bits per heavy atom. The molecule has 0 saturated heterocycles. The van der Waals surface area contributed by atoms with Gasteiger partial charge < -0.3 is 14.2 Å². The largest absolute Gasteiger partial charge is 0.489 e. The average Bonchev–Trinajstić information content (AvgIpc) is 2.91. The summed E-state index contributed by atoms with van der Waals surface area (Å²) >= 11 is 0. The molecule has 0 unspecified atom stereocenters. The first-order valence-electron chi connectivity index (χ1n) is 13.6. The van der Waals surface area contributed by atoms with E-state index in [1.165, 1.54) is 22.3 Å². The Morgan fingerprint density at radius 3 is 1.38 bits per heavy atom. The standard InChI is InChI=1S/C36H44O3/c1-12-18-37-33-24(5)21-31(26(7)28(33)9)36(11,30-17-15-16-23(4)35(30)39-20-14-3)32-22-25(6)34(38-19-13-2)29(10)27(32)8/h12-17,21-22H,1-3,18-20H2,4-11H3. The highest BCUT2D eigenvalue weighted by atomic mass is 16.5. The van der Waals surface area contributed by atoms with E-state index < -0.39 is 5.41 Å². The first-order valence-corrected chi connectivity index (χ1v) is 13.6. The van der Waals surface area contributed by atoms with Crippen LogP contribution >= 0.6 is 0 Å². The van der Waals surface area contributed by atoms with Crippen molar-refractivity contribution in [1.29, 1.82) is 0 Å². The van der Waals surface area contributed by atoms with E-state index in [4.69, 9.17) is 14.2 Å². The van der Waals surface area contributed by atoms with E-state index in [0.717, 1.165) is 50.6 Å². The molecule has 0 aromatic heterocycles. The van der Waals surface area contributed by atoms with Crippen molar-refractivity contribution in [1.82, 2.24) is 0 Å². The zero-order valence-electron chi connectivity index (χ0n) is 25.1. The van der Waals surface area contributed by atoms with E-state index in [-0.39, 0.29) is 0 Å². The second-order valence-corrected chi connectivity index (χ2v) is 10.5. The van der Waals surface area contributed by atoms with Crippen LogP contribution in [-0.2, 0) is 5.41 Å². The molecule has 3 aromatic rings. The van der Waals surface area contributed by atoms with Crippen LogP contribution in [0.1, 0.15) is 62.6 Å².